The van der Waals surface area contributed by atoms with Crippen molar-refractivity contribution in [1.29, 1.82) is 0 Å². The minimum atomic E-state index is -0.541. The fourth-order valence-electron chi connectivity index (χ4n) is 20.0. The van der Waals surface area contributed by atoms with Gasteiger partial charge in [0.25, 0.3) is 0 Å². The Hall–Kier alpha value is -11.4. The molecule has 15 aromatic carbocycles. The number of fused-ring (bicyclic) bond motifs is 15. The molecule has 500 valence electrons. The van der Waals surface area contributed by atoms with Gasteiger partial charge < -0.3 is 0 Å². The number of allylic oxidation sites excluding steroid dienone is 1. The van der Waals surface area contributed by atoms with Crippen LogP contribution < -0.4 is 0 Å². The van der Waals surface area contributed by atoms with Gasteiger partial charge in [-0.25, -0.2) is 0 Å². The molecule has 0 bridgehead atoms. The van der Waals surface area contributed by atoms with Crippen LogP contribution in [-0.4, -0.2) is 0 Å². The summed E-state index contributed by atoms with van der Waals surface area (Å²) in [6, 6.07) is 109. The molecule has 0 aliphatic heterocycles. The maximum Gasteiger partial charge on any atom is 0.0442 e. The highest BCUT2D eigenvalue weighted by Crippen LogP contribution is 2.63. The minimum Gasteiger partial charge on any atom is -0.0984 e. The Morgan fingerprint density at radius 1 is 0.308 bits per heavy atom. The van der Waals surface area contributed by atoms with Crippen LogP contribution in [0.4, 0.5) is 0 Å². The average molecular weight is 1330 g/mol. The molecule has 3 unspecified atom stereocenters. The van der Waals surface area contributed by atoms with Crippen molar-refractivity contribution in [3.63, 3.8) is 0 Å². The Morgan fingerprint density at radius 2 is 0.798 bits per heavy atom. The first-order chi connectivity index (χ1) is 50.4. The van der Waals surface area contributed by atoms with E-state index in [0.717, 1.165) is 18.4 Å². The van der Waals surface area contributed by atoms with Crippen LogP contribution in [0.3, 0.4) is 0 Å². The molecule has 0 nitrogen and oxygen atoms in total. The maximum atomic E-state index is 4.30. The molecule has 0 N–H and O–H groups in total. The molecule has 4 aliphatic rings. The van der Waals surface area contributed by atoms with Crippen molar-refractivity contribution in [2.24, 2.45) is 0 Å². The van der Waals surface area contributed by atoms with Crippen LogP contribution in [0, 0.1) is 20.8 Å². The van der Waals surface area contributed by atoms with E-state index in [1.54, 1.807) is 0 Å². The Morgan fingerprint density at radius 3 is 1.52 bits per heavy atom. The highest BCUT2D eigenvalue weighted by Gasteiger charge is 2.49. The molecule has 0 heterocycles. The summed E-state index contributed by atoms with van der Waals surface area (Å²) in [6.45, 7) is 27.8. The second-order valence-corrected chi connectivity index (χ2v) is 32.2. The van der Waals surface area contributed by atoms with Crippen molar-refractivity contribution in [3.05, 3.63) is 380 Å². The van der Waals surface area contributed by atoms with Crippen LogP contribution in [0.15, 0.2) is 291 Å². The quantitative estimate of drug-likeness (QED) is 0.121. The van der Waals surface area contributed by atoms with Gasteiger partial charge in [-0.05, 0) is 284 Å². The first-order valence-corrected chi connectivity index (χ1v) is 37.4. The lowest BCUT2D eigenvalue weighted by Crippen LogP contribution is -2.26. The van der Waals surface area contributed by atoms with E-state index in [4.69, 9.17) is 0 Å². The first-order valence-electron chi connectivity index (χ1n) is 37.4. The molecule has 0 spiro atoms. The molecule has 0 aromatic heterocycles. The van der Waals surface area contributed by atoms with E-state index in [2.05, 4.69) is 361 Å². The van der Waals surface area contributed by atoms with Crippen molar-refractivity contribution in [3.8, 4) is 89.0 Å². The summed E-state index contributed by atoms with van der Waals surface area (Å²) < 4.78 is 0. The Labute approximate surface area is 613 Å². The molecule has 15 aromatic rings. The number of aryl methyl sites for hydroxylation is 3. The summed E-state index contributed by atoms with van der Waals surface area (Å²) >= 11 is 0. The average Bonchev–Trinajstić information content (AvgIpc) is 1.52. The fourth-order valence-corrected chi connectivity index (χ4v) is 20.0. The van der Waals surface area contributed by atoms with Gasteiger partial charge in [0.1, 0.15) is 0 Å². The van der Waals surface area contributed by atoms with Gasteiger partial charge in [0.2, 0.25) is 0 Å². The Kier molecular flexibility index (Phi) is 14.2. The third-order valence-electron chi connectivity index (χ3n) is 24.9. The zero-order chi connectivity index (χ0) is 70.9. The van der Waals surface area contributed by atoms with Crippen LogP contribution >= 0.6 is 0 Å². The molecule has 3 atom stereocenters. The van der Waals surface area contributed by atoms with Crippen molar-refractivity contribution in [2.45, 2.75) is 104 Å². The van der Waals surface area contributed by atoms with Gasteiger partial charge in [0.05, 0.1) is 0 Å². The summed E-state index contributed by atoms with van der Waals surface area (Å²) in [5, 5.41) is 7.68. The molecule has 0 saturated heterocycles. The summed E-state index contributed by atoms with van der Waals surface area (Å²) in [5.41, 5.74) is 41.7. The number of hydrogen-bond acceptors (Lipinski definition) is 0. The molecule has 4 aliphatic carbocycles. The molecule has 0 heteroatoms. The third-order valence-corrected chi connectivity index (χ3v) is 24.9. The zero-order valence-corrected chi connectivity index (χ0v) is 61.3. The molecule has 104 heavy (non-hydrogen) atoms. The smallest absolute Gasteiger partial charge is 0.0442 e. The second kappa shape index (κ2) is 23.3. The van der Waals surface area contributed by atoms with Crippen molar-refractivity contribution < 1.29 is 0 Å². The highest BCUT2D eigenvalue weighted by molar-refractivity contribution is 6.00. The Bertz CT molecular complexity index is 6270. The minimum absolute atomic E-state index is 0.275. The fraction of sp³-hybridized carbons (Fsp3) is 0.154. The van der Waals surface area contributed by atoms with Gasteiger partial charge >= 0.3 is 0 Å². The van der Waals surface area contributed by atoms with Gasteiger partial charge in [0, 0.05) is 21.7 Å². The van der Waals surface area contributed by atoms with E-state index in [-0.39, 0.29) is 10.8 Å². The molecular weight excluding hydrogens is 1250 g/mol. The van der Waals surface area contributed by atoms with Crippen molar-refractivity contribution >= 4 is 44.5 Å². The normalized spacial score (nSPS) is 17.4. The van der Waals surface area contributed by atoms with Crippen molar-refractivity contribution in [1.82, 2.24) is 0 Å². The van der Waals surface area contributed by atoms with Gasteiger partial charge in [-0.3, -0.25) is 0 Å². The summed E-state index contributed by atoms with van der Waals surface area (Å²) in [6.07, 6.45) is 5.96. The lowest BCUT2D eigenvalue weighted by Gasteiger charge is -2.33. The molecular formula is C104H84. The second-order valence-electron chi connectivity index (χ2n) is 32.2. The standard InChI is InChI=1S/C104H84/c1-12-66-39-42-69(52-73(66)48-62(2)3)77-57-80(97-86-24-15-18-30-92(86)104(11,96(97)59-77)95-33-21-31-93-99(95)87-27-19-26-83(100(87)101(93,7)8)72-44-41-68-38-35-64(5)50-75(68)54-72)61-102(9)89-28-16-13-22-84(89)88-58-70(45-47-91(88)102)76-55-78-51-65(6)36-46-81(78)79(56-76)60-103(10)90-29-17-14-23-85(90)98-82(25-20-32-94(98)103)71-43-40-67-37-34-63(4)49-74(67)53-71/h12-59H,1,60-61H2,2-11H3. The van der Waals surface area contributed by atoms with E-state index in [1.807, 2.05) is 6.08 Å². The predicted octanol–water partition coefficient (Wildman–Crippen LogP) is 27.5. The van der Waals surface area contributed by atoms with E-state index in [9.17, 15) is 0 Å². The van der Waals surface area contributed by atoms with Gasteiger partial charge in [-0.1, -0.05) is 311 Å². The van der Waals surface area contributed by atoms with Gasteiger partial charge in [-0.2, -0.15) is 0 Å². The summed E-state index contributed by atoms with van der Waals surface area (Å²) in [4.78, 5) is 0. The number of benzene rings is 15. The first kappa shape index (κ1) is 63.5. The molecule has 0 amide bonds. The zero-order valence-electron chi connectivity index (χ0n) is 61.3. The Balaban J connectivity index is 0.760. The van der Waals surface area contributed by atoms with E-state index in [0.29, 0.717) is 0 Å². The van der Waals surface area contributed by atoms with Crippen LogP contribution in [-0.2, 0) is 34.5 Å². The van der Waals surface area contributed by atoms with E-state index < -0.39 is 10.8 Å². The molecule has 0 radical (unpaired) electrons. The predicted molar refractivity (Wildman–Crippen MR) is 443 cm³/mol. The maximum absolute atomic E-state index is 4.30. The number of rotatable bonds is 11. The SMILES string of the molecule is C=Cc1ccc(-c2cc(CC3(C)c4ccccc4-c4cc(-c5cc(CC6(C)c7ccccc7-c7c(-c8ccc9ccc(C)cc9c8)cccc76)c6ccc(C)cc6c5)ccc43)c3c(c2)C(C)(c2cccc4c2-c2cccc(-c5ccc6ccc(C)cc6c5)c2C4(C)C)c2ccccc2-3)cc1C=C(C)C. The van der Waals surface area contributed by atoms with Gasteiger partial charge in [-0.15, -0.1) is 0 Å². The molecule has 0 fully saturated rings. The lowest BCUT2D eigenvalue weighted by atomic mass is 9.69. The van der Waals surface area contributed by atoms with E-state index >= 15 is 0 Å². The van der Waals surface area contributed by atoms with Crippen LogP contribution in [0.2, 0.25) is 0 Å². The lowest BCUT2D eigenvalue weighted by molar-refractivity contribution is 0.583. The monoisotopic (exact) mass is 1330 g/mol. The van der Waals surface area contributed by atoms with Crippen LogP contribution in [0.25, 0.3) is 133 Å². The topological polar surface area (TPSA) is 0 Å². The largest absolute Gasteiger partial charge is 0.0984 e. The highest BCUT2D eigenvalue weighted by atomic mass is 14.5. The van der Waals surface area contributed by atoms with Gasteiger partial charge in [0.15, 0.2) is 0 Å². The van der Waals surface area contributed by atoms with Crippen molar-refractivity contribution in [2.75, 3.05) is 0 Å². The summed E-state index contributed by atoms with van der Waals surface area (Å²) in [5.74, 6) is 0. The number of hydrogen-bond donors (Lipinski definition) is 0. The van der Waals surface area contributed by atoms with Crippen LogP contribution in [0.1, 0.15) is 137 Å². The summed E-state index contributed by atoms with van der Waals surface area (Å²) in [7, 11) is 0. The third kappa shape index (κ3) is 9.50. The van der Waals surface area contributed by atoms with E-state index in [1.165, 1.54) is 210 Å². The molecule has 0 saturated carbocycles. The van der Waals surface area contributed by atoms with Crippen LogP contribution in [0.5, 0.6) is 0 Å². The molecule has 19 rings (SSSR count).